The molecule has 0 aromatic heterocycles. The molecule has 0 saturated heterocycles. The third-order valence-corrected chi connectivity index (χ3v) is 5.38. The van der Waals surface area contributed by atoms with Crippen molar-refractivity contribution in [2.45, 2.75) is 0 Å². The Balaban J connectivity index is 1.37. The molecule has 186 valence electrons. The normalized spacial score (nSPS) is 10.1. The number of nitrogens with one attached hydrogen (secondary N) is 4. The minimum absolute atomic E-state index is 0.0975. The molecule has 0 heterocycles. The lowest BCUT2D eigenvalue weighted by Crippen LogP contribution is -2.37. The van der Waals surface area contributed by atoms with Gasteiger partial charge < -0.3 is 20.1 Å². The number of para-hydroxylation sites is 2. The monoisotopic (exact) mass is 562 g/mol. The zero-order valence-corrected chi connectivity index (χ0v) is 21.7. The fourth-order valence-corrected chi connectivity index (χ4v) is 3.50. The number of halogens is 2. The molecule has 0 bridgehead atoms. The van der Waals surface area contributed by atoms with Gasteiger partial charge in [-0.15, -0.1) is 0 Å². The van der Waals surface area contributed by atoms with Crippen molar-refractivity contribution in [2.24, 2.45) is 0 Å². The van der Waals surface area contributed by atoms with Gasteiger partial charge in [-0.3, -0.25) is 20.2 Å². The maximum atomic E-state index is 12.1. The zero-order chi connectivity index (χ0) is 25.9. The van der Waals surface area contributed by atoms with Crippen LogP contribution in [0.4, 0.5) is 11.4 Å². The molecule has 0 aliphatic heterocycles. The van der Waals surface area contributed by atoms with Gasteiger partial charge in [-0.1, -0.05) is 47.5 Å². The molecule has 0 radical (unpaired) electrons. The number of carbonyl (C=O) groups excluding carboxylic acids is 2. The summed E-state index contributed by atoms with van der Waals surface area (Å²) >= 11 is 22.3. The van der Waals surface area contributed by atoms with Crippen LogP contribution in [0.2, 0.25) is 10.0 Å². The molecule has 0 aliphatic rings. The third-order valence-electron chi connectivity index (χ3n) is 4.31. The van der Waals surface area contributed by atoms with Crippen molar-refractivity contribution in [2.75, 3.05) is 23.8 Å². The summed E-state index contributed by atoms with van der Waals surface area (Å²) in [5.41, 5.74) is 1.15. The molecule has 0 fully saturated rings. The molecule has 12 heteroatoms. The van der Waals surface area contributed by atoms with Crippen LogP contribution in [0.25, 0.3) is 0 Å². The van der Waals surface area contributed by atoms with Crippen LogP contribution in [0.1, 0.15) is 0 Å². The minimum atomic E-state index is -0.446. The van der Waals surface area contributed by atoms with E-state index in [2.05, 4.69) is 21.3 Å². The van der Waals surface area contributed by atoms with Crippen molar-refractivity contribution in [1.82, 2.24) is 10.6 Å². The summed E-state index contributed by atoms with van der Waals surface area (Å²) in [4.78, 5) is 24.2. The van der Waals surface area contributed by atoms with E-state index in [1.54, 1.807) is 72.8 Å². The van der Waals surface area contributed by atoms with Crippen LogP contribution in [-0.4, -0.2) is 35.3 Å². The number of carbonyl (C=O) groups is 2. The SMILES string of the molecule is O=C(COc1ccc(OCC(=O)NC(=S)Nc2ccccc2Cl)cc1)NC(=S)Nc1ccccc1Cl. The van der Waals surface area contributed by atoms with Crippen LogP contribution in [0, 0.1) is 0 Å². The maximum absolute atomic E-state index is 12.1. The largest absolute Gasteiger partial charge is 0.484 e. The van der Waals surface area contributed by atoms with E-state index in [1.165, 1.54) is 0 Å². The number of thiocarbonyl (C=S) groups is 2. The Bertz CT molecular complexity index is 1160. The number of benzene rings is 3. The van der Waals surface area contributed by atoms with Crippen LogP contribution in [0.3, 0.4) is 0 Å². The molecule has 3 aromatic carbocycles. The summed E-state index contributed by atoms with van der Waals surface area (Å²) in [6.45, 7) is -0.522. The van der Waals surface area contributed by atoms with Gasteiger partial charge in [-0.2, -0.15) is 0 Å². The van der Waals surface area contributed by atoms with E-state index >= 15 is 0 Å². The molecule has 8 nitrogen and oxygen atoms in total. The first-order valence-corrected chi connectivity index (χ1v) is 11.9. The first-order chi connectivity index (χ1) is 17.3. The number of rotatable bonds is 8. The van der Waals surface area contributed by atoms with Crippen LogP contribution >= 0.6 is 47.6 Å². The quantitative estimate of drug-likeness (QED) is 0.291. The van der Waals surface area contributed by atoms with Crippen molar-refractivity contribution in [3.05, 3.63) is 82.8 Å². The molecule has 0 spiro atoms. The summed E-state index contributed by atoms with van der Waals surface area (Å²) in [6, 6.07) is 20.4. The highest BCUT2D eigenvalue weighted by Gasteiger charge is 2.09. The lowest BCUT2D eigenvalue weighted by molar-refractivity contribution is -0.122. The Hall–Kier alpha value is -3.44. The molecule has 0 unspecified atom stereocenters. The van der Waals surface area contributed by atoms with Gasteiger partial charge in [0.25, 0.3) is 11.8 Å². The van der Waals surface area contributed by atoms with Gasteiger partial charge in [0.2, 0.25) is 0 Å². The molecule has 36 heavy (non-hydrogen) atoms. The summed E-state index contributed by atoms with van der Waals surface area (Å²) in [5.74, 6) is -0.0371. The van der Waals surface area contributed by atoms with Gasteiger partial charge in [0.1, 0.15) is 11.5 Å². The van der Waals surface area contributed by atoms with E-state index in [0.29, 0.717) is 32.9 Å². The van der Waals surface area contributed by atoms with E-state index in [9.17, 15) is 9.59 Å². The lowest BCUT2D eigenvalue weighted by atomic mass is 10.3. The topological polar surface area (TPSA) is 101 Å². The van der Waals surface area contributed by atoms with Gasteiger partial charge in [0.15, 0.2) is 23.4 Å². The Kier molecular flexibility index (Phi) is 10.3. The van der Waals surface area contributed by atoms with Crippen LogP contribution in [-0.2, 0) is 9.59 Å². The molecule has 3 rings (SSSR count). The van der Waals surface area contributed by atoms with Crippen LogP contribution in [0.15, 0.2) is 72.8 Å². The van der Waals surface area contributed by atoms with Gasteiger partial charge >= 0.3 is 0 Å². The number of ether oxygens (including phenoxy) is 2. The van der Waals surface area contributed by atoms with Crippen molar-refractivity contribution in [3.63, 3.8) is 0 Å². The van der Waals surface area contributed by atoms with E-state index in [1.807, 2.05) is 0 Å². The summed E-state index contributed by atoms with van der Waals surface area (Å²) in [5, 5.41) is 11.8. The van der Waals surface area contributed by atoms with Gasteiger partial charge in [-0.05, 0) is 73.0 Å². The summed E-state index contributed by atoms with van der Waals surface area (Å²) in [6.07, 6.45) is 0. The van der Waals surface area contributed by atoms with Crippen molar-refractivity contribution < 1.29 is 19.1 Å². The van der Waals surface area contributed by atoms with Gasteiger partial charge in [0.05, 0.1) is 21.4 Å². The summed E-state index contributed by atoms with van der Waals surface area (Å²) < 4.78 is 10.9. The third kappa shape index (κ3) is 8.97. The lowest BCUT2D eigenvalue weighted by Gasteiger charge is -2.12. The van der Waals surface area contributed by atoms with Crippen molar-refractivity contribution in [3.8, 4) is 11.5 Å². The fraction of sp³-hybridized carbons (Fsp3) is 0.0833. The average Bonchev–Trinajstić information content (AvgIpc) is 2.85. The highest BCUT2D eigenvalue weighted by atomic mass is 35.5. The van der Waals surface area contributed by atoms with Crippen LogP contribution in [0.5, 0.6) is 11.5 Å². The first kappa shape index (κ1) is 27.2. The predicted octanol–water partition coefficient (Wildman–Crippen LogP) is 4.78. The molecule has 4 N–H and O–H groups in total. The molecule has 2 amide bonds. The number of anilines is 2. The second-order valence-corrected chi connectivity index (χ2v) is 8.64. The Morgan fingerprint density at radius 2 is 1.00 bits per heavy atom. The van der Waals surface area contributed by atoms with Gasteiger partial charge in [-0.25, -0.2) is 0 Å². The number of hydrogen-bond donors (Lipinski definition) is 4. The molecule has 0 saturated carbocycles. The highest BCUT2D eigenvalue weighted by molar-refractivity contribution is 7.80. The first-order valence-electron chi connectivity index (χ1n) is 10.4. The average molecular weight is 563 g/mol. The van der Waals surface area contributed by atoms with Crippen LogP contribution < -0.4 is 30.7 Å². The summed E-state index contributed by atoms with van der Waals surface area (Å²) in [7, 11) is 0. The zero-order valence-electron chi connectivity index (χ0n) is 18.5. The minimum Gasteiger partial charge on any atom is -0.484 e. The Labute approximate surface area is 228 Å². The van der Waals surface area contributed by atoms with Crippen molar-refractivity contribution >= 4 is 81.1 Å². The van der Waals surface area contributed by atoms with E-state index in [-0.39, 0.29) is 23.4 Å². The van der Waals surface area contributed by atoms with E-state index < -0.39 is 11.8 Å². The fourth-order valence-electron chi connectivity index (χ4n) is 2.69. The van der Waals surface area contributed by atoms with E-state index in [0.717, 1.165) is 0 Å². The predicted molar refractivity (Wildman–Crippen MR) is 149 cm³/mol. The second-order valence-electron chi connectivity index (χ2n) is 7.01. The molecular formula is C24H20Cl2N4O4S2. The second kappa shape index (κ2) is 13.6. The highest BCUT2D eigenvalue weighted by Crippen LogP contribution is 2.21. The molecule has 3 aromatic rings. The molecule has 0 aliphatic carbocycles. The van der Waals surface area contributed by atoms with E-state index in [4.69, 9.17) is 57.1 Å². The smallest absolute Gasteiger partial charge is 0.264 e. The standard InChI is InChI=1S/C24H20Cl2N4O4S2/c25-17-5-1-3-7-19(17)27-23(35)29-21(31)13-33-15-9-11-16(12-10-15)34-14-22(32)30-24(36)28-20-8-4-2-6-18(20)26/h1-12H,13-14H2,(H2,27,29,31,35)(H2,28,30,32,36). The van der Waals surface area contributed by atoms with Crippen molar-refractivity contribution in [1.29, 1.82) is 0 Å². The maximum Gasteiger partial charge on any atom is 0.264 e. The number of amides is 2. The Morgan fingerprint density at radius 3 is 1.36 bits per heavy atom. The molecular weight excluding hydrogens is 543 g/mol. The Morgan fingerprint density at radius 1 is 0.639 bits per heavy atom. The number of hydrogen-bond acceptors (Lipinski definition) is 6. The van der Waals surface area contributed by atoms with Gasteiger partial charge in [0, 0.05) is 0 Å². The molecule has 0 atom stereocenters.